The molecule has 0 amide bonds. The zero-order valence-electron chi connectivity index (χ0n) is 28.2. The van der Waals surface area contributed by atoms with Crippen LogP contribution < -0.4 is 0 Å². The molecule has 3 aliphatic rings. The predicted octanol–water partition coefficient (Wildman–Crippen LogP) is 0.963. The van der Waals surface area contributed by atoms with Crippen LogP contribution in [0, 0.1) is 35.5 Å². The van der Waals surface area contributed by atoms with E-state index in [1.54, 1.807) is 0 Å². The number of hydrogen-bond donors (Lipinski definition) is 3. The van der Waals surface area contributed by atoms with Crippen LogP contribution in [0.2, 0.25) is 0 Å². The van der Waals surface area contributed by atoms with Crippen LogP contribution in [0.3, 0.4) is 0 Å². The highest BCUT2D eigenvalue weighted by molar-refractivity contribution is 5.89. The standard InChI is InChI=1S/C34H42O16/c1-15(2)29(39)45-11-19(12-46-30(40)16(3)4)49-33(43)25-21-9-10-22(23(25)27(35)36)26(24(21)28(37)38)34(44)50-20(13-47-31(41)17(5)6)14-48-32(42)18(7)8/h9-10,19-27,35-36H,1,3,5,7,11-14H2,2,4,6,8H3,(H,37,38). The lowest BCUT2D eigenvalue weighted by Gasteiger charge is -2.50. The zero-order valence-corrected chi connectivity index (χ0v) is 28.2. The van der Waals surface area contributed by atoms with Crippen LogP contribution in [-0.4, -0.2) is 102 Å². The fourth-order valence-corrected chi connectivity index (χ4v) is 5.39. The van der Waals surface area contributed by atoms with Gasteiger partial charge in [-0.05, 0) is 33.6 Å². The summed E-state index contributed by atoms with van der Waals surface area (Å²) in [4.78, 5) is 88.0. The third kappa shape index (κ3) is 10.7. The SMILES string of the molecule is C=C(C)C(=O)OCC(COC(=O)C(=C)C)OC(=O)C1C2C=CC(C1C(=O)O)C(C(=O)OC(COC(=O)C(=C)C)COC(=O)C(=C)C)C2C(O)O. The quantitative estimate of drug-likeness (QED) is 0.0592. The number of fused-ring (bicyclic) bond motifs is 2. The fraction of sp³-hybridized carbons (Fsp3) is 0.500. The van der Waals surface area contributed by atoms with E-state index in [1.165, 1.54) is 39.8 Å². The van der Waals surface area contributed by atoms with Gasteiger partial charge in [0.15, 0.2) is 18.5 Å². The Kier molecular flexibility index (Phi) is 14.8. The van der Waals surface area contributed by atoms with Crippen molar-refractivity contribution in [1.82, 2.24) is 0 Å². The minimum absolute atomic E-state index is 0.0116. The van der Waals surface area contributed by atoms with Gasteiger partial charge in [-0.3, -0.25) is 14.4 Å². The van der Waals surface area contributed by atoms with Crippen molar-refractivity contribution in [2.24, 2.45) is 35.5 Å². The van der Waals surface area contributed by atoms with Crippen molar-refractivity contribution in [3.63, 3.8) is 0 Å². The van der Waals surface area contributed by atoms with Crippen molar-refractivity contribution < 1.29 is 77.3 Å². The molecule has 0 aromatic heterocycles. The smallest absolute Gasteiger partial charge is 0.333 e. The highest BCUT2D eigenvalue weighted by atomic mass is 16.6. The van der Waals surface area contributed by atoms with E-state index >= 15 is 0 Å². The number of aliphatic carboxylic acids is 1. The number of carbonyl (C=O) groups excluding carboxylic acids is 6. The predicted molar refractivity (Wildman–Crippen MR) is 169 cm³/mol. The molecule has 0 aromatic carbocycles. The Morgan fingerprint density at radius 3 is 1.18 bits per heavy atom. The molecule has 0 aromatic rings. The number of carbonyl (C=O) groups is 7. The monoisotopic (exact) mass is 706 g/mol. The van der Waals surface area contributed by atoms with Gasteiger partial charge in [-0.1, -0.05) is 38.5 Å². The van der Waals surface area contributed by atoms with Crippen LogP contribution in [-0.2, 0) is 62.0 Å². The molecule has 2 bridgehead atoms. The number of ether oxygens (including phenoxy) is 6. The largest absolute Gasteiger partial charge is 0.481 e. The lowest BCUT2D eigenvalue weighted by molar-refractivity contribution is -0.203. The average molecular weight is 707 g/mol. The Morgan fingerprint density at radius 2 is 0.880 bits per heavy atom. The molecule has 6 unspecified atom stereocenters. The Morgan fingerprint density at radius 1 is 0.560 bits per heavy atom. The highest BCUT2D eigenvalue weighted by Gasteiger charge is 2.61. The van der Waals surface area contributed by atoms with Gasteiger partial charge in [0, 0.05) is 34.1 Å². The van der Waals surface area contributed by atoms with Gasteiger partial charge < -0.3 is 43.7 Å². The Balaban J connectivity index is 2.41. The molecule has 3 rings (SSSR count). The van der Waals surface area contributed by atoms with Crippen molar-refractivity contribution in [2.45, 2.75) is 46.2 Å². The number of aliphatic hydroxyl groups is 2. The Labute approximate surface area is 288 Å². The average Bonchev–Trinajstić information content (AvgIpc) is 3.04. The molecule has 0 aliphatic heterocycles. The van der Waals surface area contributed by atoms with E-state index in [4.69, 9.17) is 28.4 Å². The summed E-state index contributed by atoms with van der Waals surface area (Å²) in [7, 11) is 0. The number of carboxylic acid groups (broad SMARTS) is 1. The summed E-state index contributed by atoms with van der Waals surface area (Å²) in [5.41, 5.74) is 0.0504. The summed E-state index contributed by atoms with van der Waals surface area (Å²) >= 11 is 0. The van der Waals surface area contributed by atoms with Crippen LogP contribution in [0.5, 0.6) is 0 Å². The number of rotatable bonds is 18. The van der Waals surface area contributed by atoms with E-state index in [1.807, 2.05) is 0 Å². The second kappa shape index (κ2) is 18.1. The second-order valence-electron chi connectivity index (χ2n) is 12.1. The fourth-order valence-electron chi connectivity index (χ4n) is 5.39. The van der Waals surface area contributed by atoms with Gasteiger partial charge in [0.1, 0.15) is 26.4 Å². The summed E-state index contributed by atoms with van der Waals surface area (Å²) < 4.78 is 31.2. The van der Waals surface area contributed by atoms with Gasteiger partial charge in [-0.2, -0.15) is 0 Å². The van der Waals surface area contributed by atoms with E-state index in [2.05, 4.69) is 26.3 Å². The number of carboxylic acids is 1. The molecule has 3 N–H and O–H groups in total. The summed E-state index contributed by atoms with van der Waals surface area (Å²) in [5.74, 6) is -16.4. The molecular weight excluding hydrogens is 664 g/mol. The molecule has 16 nitrogen and oxygen atoms in total. The first-order valence-corrected chi connectivity index (χ1v) is 15.3. The number of aliphatic hydroxyl groups excluding tert-OH is 1. The van der Waals surface area contributed by atoms with E-state index in [-0.39, 0.29) is 22.3 Å². The Bertz CT molecular complexity index is 1390. The third-order valence-corrected chi connectivity index (χ3v) is 7.78. The molecule has 0 heterocycles. The van der Waals surface area contributed by atoms with E-state index in [0.717, 1.165) is 0 Å². The highest BCUT2D eigenvalue weighted by Crippen LogP contribution is 2.53. The van der Waals surface area contributed by atoms with E-state index in [9.17, 15) is 48.9 Å². The molecular formula is C34H42O16. The molecule has 16 heteroatoms. The van der Waals surface area contributed by atoms with Crippen LogP contribution in [0.4, 0.5) is 0 Å². The maximum absolute atomic E-state index is 13.7. The molecule has 274 valence electrons. The van der Waals surface area contributed by atoms with Gasteiger partial charge in [-0.25, -0.2) is 19.2 Å². The van der Waals surface area contributed by atoms with Crippen molar-refractivity contribution >= 4 is 41.8 Å². The maximum atomic E-state index is 13.7. The van der Waals surface area contributed by atoms with E-state index in [0.29, 0.717) is 0 Å². The van der Waals surface area contributed by atoms with Crippen LogP contribution in [0.1, 0.15) is 27.7 Å². The van der Waals surface area contributed by atoms with Crippen LogP contribution in [0.15, 0.2) is 60.8 Å². The first-order valence-electron chi connectivity index (χ1n) is 15.3. The molecule has 6 atom stereocenters. The molecule has 0 saturated heterocycles. The van der Waals surface area contributed by atoms with Crippen molar-refractivity contribution in [1.29, 1.82) is 0 Å². The molecule has 0 spiro atoms. The molecule has 1 fully saturated rings. The van der Waals surface area contributed by atoms with Crippen LogP contribution >= 0.6 is 0 Å². The minimum Gasteiger partial charge on any atom is -0.481 e. The molecule has 1 saturated carbocycles. The lowest BCUT2D eigenvalue weighted by atomic mass is 9.53. The molecule has 3 aliphatic carbocycles. The van der Waals surface area contributed by atoms with Crippen LogP contribution in [0.25, 0.3) is 0 Å². The summed E-state index contributed by atoms with van der Waals surface area (Å²) in [6, 6.07) is 0. The van der Waals surface area contributed by atoms with Gasteiger partial charge >= 0.3 is 41.8 Å². The van der Waals surface area contributed by atoms with Crippen molar-refractivity contribution in [3.8, 4) is 0 Å². The van der Waals surface area contributed by atoms with Gasteiger partial charge in [-0.15, -0.1) is 0 Å². The number of allylic oxidation sites excluding steroid dienone is 2. The first-order chi connectivity index (χ1) is 23.3. The Hall–Kier alpha value is -5.09. The van der Waals surface area contributed by atoms with Gasteiger partial charge in [0.2, 0.25) is 0 Å². The minimum atomic E-state index is -2.29. The van der Waals surface area contributed by atoms with E-state index < -0.39 is 122 Å². The first kappa shape index (κ1) is 41.1. The second-order valence-corrected chi connectivity index (χ2v) is 12.1. The summed E-state index contributed by atoms with van der Waals surface area (Å²) in [5, 5.41) is 31.2. The molecule has 0 radical (unpaired) electrons. The maximum Gasteiger partial charge on any atom is 0.333 e. The summed E-state index contributed by atoms with van der Waals surface area (Å²) in [6.07, 6.45) is -2.47. The van der Waals surface area contributed by atoms with Crippen molar-refractivity contribution in [3.05, 3.63) is 60.8 Å². The van der Waals surface area contributed by atoms with Gasteiger partial charge in [0.05, 0.1) is 17.8 Å². The van der Waals surface area contributed by atoms with Crippen molar-refractivity contribution in [2.75, 3.05) is 26.4 Å². The number of hydrogen-bond acceptors (Lipinski definition) is 15. The third-order valence-electron chi connectivity index (χ3n) is 7.78. The zero-order chi connectivity index (χ0) is 38.0. The molecule has 50 heavy (non-hydrogen) atoms. The van der Waals surface area contributed by atoms with Gasteiger partial charge in [0.25, 0.3) is 0 Å². The lowest BCUT2D eigenvalue weighted by Crippen LogP contribution is -2.59. The summed E-state index contributed by atoms with van der Waals surface area (Å²) in [6.45, 7) is 16.8. The topological polar surface area (TPSA) is 236 Å². The normalized spacial score (nSPS) is 21.9. The number of esters is 6.